The zero-order valence-corrected chi connectivity index (χ0v) is 26.8. The van der Waals surface area contributed by atoms with Gasteiger partial charge in [-0.2, -0.15) is 0 Å². The molecule has 9 atom stereocenters. The van der Waals surface area contributed by atoms with Crippen LogP contribution in [0.5, 0.6) is 0 Å². The molecular formula is C21H23N9O10P2S3. The first kappa shape index (κ1) is 31.2. The Morgan fingerprint density at radius 2 is 1.76 bits per heavy atom. The summed E-state index contributed by atoms with van der Waals surface area (Å²) in [5, 5.41) is 11.3. The van der Waals surface area contributed by atoms with Crippen LogP contribution in [0.15, 0.2) is 23.8 Å². The molecule has 0 aromatic carbocycles. The number of nitrogen functional groups attached to an aromatic ring is 2. The molecule has 240 valence electrons. The number of imidazole rings is 1. The van der Waals surface area contributed by atoms with Crippen molar-refractivity contribution in [3.63, 3.8) is 0 Å². The minimum absolute atomic E-state index is 0.0510. The van der Waals surface area contributed by atoms with Gasteiger partial charge in [0.25, 0.3) is 6.57 Å². The predicted molar refractivity (Wildman–Crippen MR) is 163 cm³/mol. The molecule has 2 bridgehead atoms. The van der Waals surface area contributed by atoms with E-state index in [4.69, 9.17) is 46.3 Å². The van der Waals surface area contributed by atoms with Crippen molar-refractivity contribution in [2.24, 2.45) is 5.92 Å². The van der Waals surface area contributed by atoms with E-state index in [0.29, 0.717) is 0 Å². The van der Waals surface area contributed by atoms with Gasteiger partial charge in [-0.15, -0.1) is 0 Å². The lowest BCUT2D eigenvalue weighted by molar-refractivity contribution is -0.125. The quantitative estimate of drug-likeness (QED) is 0.134. The molecule has 6 N–H and O–H groups in total. The minimum atomic E-state index is -4.22. The predicted octanol–water partition coefficient (Wildman–Crippen LogP) is -0.0300. The number of anilines is 2. The smallest absolute Gasteiger partial charge is 0.325 e. The summed E-state index contributed by atoms with van der Waals surface area (Å²) in [5.74, 6) is -1.48. The number of carbonyl (C=O) groups is 1. The van der Waals surface area contributed by atoms with Gasteiger partial charge >= 0.3 is 11.6 Å². The topological polar surface area (TPSA) is 264 Å². The lowest BCUT2D eigenvalue weighted by Crippen LogP contribution is -2.37. The van der Waals surface area contributed by atoms with Crippen molar-refractivity contribution >= 4 is 87.6 Å². The average Bonchev–Trinajstić information content (AvgIpc) is 3.71. The lowest BCUT2D eigenvalue weighted by Gasteiger charge is -2.27. The van der Waals surface area contributed by atoms with Crippen LogP contribution in [0.2, 0.25) is 0 Å². The van der Waals surface area contributed by atoms with Gasteiger partial charge in [0.15, 0.2) is 29.1 Å². The normalized spacial score (nSPS) is 36.1. The fourth-order valence-electron chi connectivity index (χ4n) is 5.46. The Bertz CT molecular complexity index is 1990. The number of aliphatic hydroxyl groups excluding tert-OH is 1. The Labute approximate surface area is 265 Å². The first-order chi connectivity index (χ1) is 21.3. The van der Waals surface area contributed by atoms with Gasteiger partial charge in [0.2, 0.25) is 0 Å². The molecule has 0 radical (unpaired) electrons. The molecule has 6 unspecified atom stereocenters. The highest BCUT2D eigenvalue weighted by Gasteiger charge is 2.52. The SMILES string of the molecule is Nc1ncnc2c1ncn2[C@@H]1O[C@@H]2COP(O)(=S)OC3C(COP(=O)(S)CC1C2=O)O[C@@H](n1c(=O)sc2c(N)ncnc21)C3O. The summed E-state index contributed by atoms with van der Waals surface area (Å²) in [4.78, 5) is 57.2. The standard InChI is InChI=1S/C21H23N9O10P2S3/c22-15-10-17(26-4-24-15)29(6-28-10)19-7-3-41(34,43)36-2-9-13(40-42(35,44)37-1-8(38-19)11(7)31)12(32)20(39-9)30-18-14(45-21(30)33)16(23)25-5-27-18/h4-9,12-13,19-20,32H,1-3H2,(H,34,43)(H,35,44)(H2,22,24,26)(H2,23,25,27)/t7?,8-,9?,12?,13?,19-,20-,41?,42?/m1/s1. The Balaban J connectivity index is 1.22. The van der Waals surface area contributed by atoms with E-state index in [1.165, 1.54) is 17.2 Å². The van der Waals surface area contributed by atoms with Crippen LogP contribution in [0.1, 0.15) is 12.5 Å². The monoisotopic (exact) mass is 719 g/mol. The van der Waals surface area contributed by atoms with E-state index in [1.54, 1.807) is 0 Å². The second kappa shape index (κ2) is 11.4. The number of ether oxygens (including phenoxy) is 2. The molecule has 3 fully saturated rings. The zero-order chi connectivity index (χ0) is 31.8. The maximum Gasteiger partial charge on any atom is 0.325 e. The fourth-order valence-corrected chi connectivity index (χ4v) is 9.82. The first-order valence-corrected chi connectivity index (χ1v) is 19.4. The molecule has 0 spiro atoms. The zero-order valence-electron chi connectivity index (χ0n) is 22.5. The summed E-state index contributed by atoms with van der Waals surface area (Å²) in [6.45, 7) is -9.21. The van der Waals surface area contributed by atoms with Gasteiger partial charge in [-0.25, -0.2) is 24.9 Å². The average molecular weight is 720 g/mol. The summed E-state index contributed by atoms with van der Waals surface area (Å²) >= 11 is 10.2. The van der Waals surface area contributed by atoms with Crippen LogP contribution in [0.25, 0.3) is 21.5 Å². The van der Waals surface area contributed by atoms with Crippen LogP contribution in [0.3, 0.4) is 0 Å². The van der Waals surface area contributed by atoms with Crippen molar-refractivity contribution in [2.45, 2.75) is 36.9 Å². The fraction of sp³-hybridized carbons (Fsp3) is 0.476. The molecule has 0 saturated carbocycles. The van der Waals surface area contributed by atoms with Crippen LogP contribution in [-0.4, -0.2) is 93.6 Å². The number of carbonyl (C=O) groups excluding carboxylic acids is 1. The lowest BCUT2D eigenvalue weighted by atomic mass is 10.0. The number of thiazole rings is 1. The van der Waals surface area contributed by atoms with Crippen LogP contribution in [-0.2, 0) is 44.2 Å². The van der Waals surface area contributed by atoms with E-state index in [2.05, 4.69) is 37.2 Å². The van der Waals surface area contributed by atoms with Crippen molar-refractivity contribution in [1.29, 1.82) is 0 Å². The van der Waals surface area contributed by atoms with Crippen LogP contribution >= 0.6 is 36.9 Å². The Morgan fingerprint density at radius 1 is 1.02 bits per heavy atom. The number of hydrogen-bond acceptors (Lipinski definition) is 18. The minimum Gasteiger partial charge on any atom is -0.386 e. The van der Waals surface area contributed by atoms with Gasteiger partial charge in [0, 0.05) is 6.16 Å². The number of ketones is 1. The summed E-state index contributed by atoms with van der Waals surface area (Å²) < 4.78 is 45.4. The van der Waals surface area contributed by atoms with Crippen molar-refractivity contribution in [2.75, 3.05) is 30.8 Å². The number of thiol groups is 1. The maximum atomic E-state index is 13.7. The summed E-state index contributed by atoms with van der Waals surface area (Å²) in [6, 6.07) is 0. The van der Waals surface area contributed by atoms with E-state index in [9.17, 15) is 24.2 Å². The van der Waals surface area contributed by atoms with Crippen molar-refractivity contribution in [3.05, 3.63) is 28.6 Å². The molecule has 45 heavy (non-hydrogen) atoms. The summed E-state index contributed by atoms with van der Waals surface area (Å²) in [7, 11) is 0. The second-order valence-electron chi connectivity index (χ2n) is 10.3. The highest BCUT2D eigenvalue weighted by Crippen LogP contribution is 2.57. The van der Waals surface area contributed by atoms with Gasteiger partial charge in [-0.3, -0.25) is 27.8 Å². The van der Waals surface area contributed by atoms with Crippen LogP contribution in [0, 0.1) is 5.92 Å². The third-order valence-electron chi connectivity index (χ3n) is 7.49. The third-order valence-corrected chi connectivity index (χ3v) is 12.3. The Hall–Kier alpha value is -2.46. The van der Waals surface area contributed by atoms with Crippen molar-refractivity contribution in [3.8, 4) is 0 Å². The van der Waals surface area contributed by atoms with Gasteiger partial charge in [-0.05, 0) is 11.8 Å². The van der Waals surface area contributed by atoms with Crippen LogP contribution < -0.4 is 16.3 Å². The summed E-state index contributed by atoms with van der Waals surface area (Å²) in [5.41, 5.74) is 12.4. The molecule has 0 amide bonds. The molecule has 0 aliphatic carbocycles. The van der Waals surface area contributed by atoms with Gasteiger partial charge in [0.1, 0.15) is 59.3 Å². The third kappa shape index (κ3) is 5.51. The highest BCUT2D eigenvalue weighted by atomic mass is 32.7. The number of nitrogens with zero attached hydrogens (tertiary/aromatic N) is 7. The molecule has 3 saturated heterocycles. The molecular weight excluding hydrogens is 696 g/mol. The highest BCUT2D eigenvalue weighted by molar-refractivity contribution is 8.46. The molecule has 3 aliphatic heterocycles. The molecule has 7 rings (SSSR count). The first-order valence-electron chi connectivity index (χ1n) is 13.0. The number of aliphatic hydroxyl groups is 1. The second-order valence-corrected chi connectivity index (χ2v) is 17.7. The number of hydrogen-bond donors (Lipinski definition) is 5. The number of aromatic nitrogens is 7. The number of nitrogens with two attached hydrogens (primary N) is 2. The van der Waals surface area contributed by atoms with E-state index in [1.807, 2.05) is 0 Å². The van der Waals surface area contributed by atoms with Gasteiger partial charge in [0.05, 0.1) is 25.5 Å². The Morgan fingerprint density at radius 3 is 2.53 bits per heavy atom. The molecule has 19 nitrogen and oxygen atoms in total. The van der Waals surface area contributed by atoms with E-state index in [-0.39, 0.29) is 33.1 Å². The molecule has 4 aromatic heterocycles. The van der Waals surface area contributed by atoms with E-state index in [0.717, 1.165) is 22.2 Å². The Kier molecular flexibility index (Phi) is 7.86. The van der Waals surface area contributed by atoms with E-state index >= 15 is 0 Å². The number of Topliss-reactive ketones (excluding diaryl/α,β-unsaturated/α-hetero) is 1. The van der Waals surface area contributed by atoms with Crippen molar-refractivity contribution in [1.82, 2.24) is 34.1 Å². The molecule has 24 heteroatoms. The van der Waals surface area contributed by atoms with Crippen molar-refractivity contribution < 1.29 is 42.4 Å². The van der Waals surface area contributed by atoms with E-state index < -0.39 is 86.1 Å². The molecule has 4 aromatic rings. The summed E-state index contributed by atoms with van der Waals surface area (Å²) in [6.07, 6.45) is -4.80. The van der Waals surface area contributed by atoms with Crippen LogP contribution in [0.4, 0.5) is 11.6 Å². The molecule has 7 heterocycles. The van der Waals surface area contributed by atoms with Gasteiger partial charge in [-0.1, -0.05) is 23.6 Å². The molecule has 3 aliphatic rings. The largest absolute Gasteiger partial charge is 0.386 e. The number of fused-ring (bicyclic) bond motifs is 5. The number of rotatable bonds is 2. The maximum absolute atomic E-state index is 13.7. The van der Waals surface area contributed by atoms with Gasteiger partial charge < -0.3 is 40.0 Å².